The maximum absolute atomic E-state index is 13.8. The van der Waals surface area contributed by atoms with E-state index in [1.807, 2.05) is 0 Å². The third-order valence-electron chi connectivity index (χ3n) is 6.06. The molecule has 4 atom stereocenters. The lowest BCUT2D eigenvalue weighted by molar-refractivity contribution is -0.143. The van der Waals surface area contributed by atoms with E-state index in [0.717, 1.165) is 10.8 Å². The van der Waals surface area contributed by atoms with Crippen LogP contribution in [0.1, 0.15) is 25.0 Å². The Morgan fingerprint density at radius 2 is 1.82 bits per heavy atom. The molecule has 1 fully saturated rings. The Labute approximate surface area is 233 Å². The van der Waals surface area contributed by atoms with Gasteiger partial charge in [0.1, 0.15) is 29.7 Å². The number of nitrogens with one attached hydrogen (secondary N) is 3. The third-order valence-corrected chi connectivity index (χ3v) is 9.36. The number of aliphatic carboxylic acids is 1. The van der Waals surface area contributed by atoms with Crippen molar-refractivity contribution in [1.29, 1.82) is 0 Å². The number of phenolic OH excluding ortho intramolecular Hbond substituents is 1. The van der Waals surface area contributed by atoms with E-state index in [4.69, 9.17) is 5.73 Å². The van der Waals surface area contributed by atoms with E-state index in [0.29, 0.717) is 11.1 Å². The van der Waals surface area contributed by atoms with Crippen LogP contribution in [-0.2, 0) is 32.0 Å². The van der Waals surface area contributed by atoms with E-state index in [2.05, 4.69) is 16.0 Å². The minimum Gasteiger partial charge on any atom is -0.508 e. The third kappa shape index (κ3) is 8.60. The van der Waals surface area contributed by atoms with Crippen molar-refractivity contribution in [2.45, 2.75) is 55.6 Å². The maximum Gasteiger partial charge on any atom is 0.327 e. The maximum atomic E-state index is 13.8. The molecule has 1 aliphatic heterocycles. The molecule has 13 heteroatoms. The van der Waals surface area contributed by atoms with Crippen LogP contribution in [0.25, 0.3) is 0 Å². The number of carboxylic acids is 1. The minimum atomic E-state index is -1.29. The molecule has 0 aliphatic carbocycles. The molecule has 1 heterocycles. The summed E-state index contributed by atoms with van der Waals surface area (Å²) in [5.41, 5.74) is 7.20. The molecule has 39 heavy (non-hydrogen) atoms. The summed E-state index contributed by atoms with van der Waals surface area (Å²) in [6, 6.07) is 7.08. The van der Waals surface area contributed by atoms with Gasteiger partial charge in [0.25, 0.3) is 0 Å². The van der Waals surface area contributed by atoms with Crippen molar-refractivity contribution in [3.8, 4) is 5.75 Å². The zero-order chi connectivity index (χ0) is 28.7. The molecular formula is C26H31FN4O6S2. The number of carbonyl (C=O) groups excluding carboxylic acids is 3. The summed E-state index contributed by atoms with van der Waals surface area (Å²) in [6.07, 6.45) is 0.0453. The van der Waals surface area contributed by atoms with Crippen LogP contribution in [0, 0.1) is 5.82 Å². The minimum absolute atomic E-state index is 0.0603. The Balaban J connectivity index is 1.83. The highest BCUT2D eigenvalue weighted by Gasteiger charge is 2.40. The van der Waals surface area contributed by atoms with E-state index >= 15 is 0 Å². The molecule has 3 amide bonds. The highest BCUT2D eigenvalue weighted by atomic mass is 33.1. The van der Waals surface area contributed by atoms with Crippen LogP contribution in [0.15, 0.2) is 48.5 Å². The molecule has 0 bridgehead atoms. The zero-order valence-electron chi connectivity index (χ0n) is 21.3. The summed E-state index contributed by atoms with van der Waals surface area (Å²) in [6.45, 7) is 3.30. The average molecular weight is 579 g/mol. The summed E-state index contributed by atoms with van der Waals surface area (Å²) < 4.78 is 12.8. The SMILES string of the molecule is CC1(C)SSC[C@@H](NC(=O)[C@@H](N)Cc2ccc(O)cc2)C(=O)NC(Cc2cccc(F)c2)C(=O)N[C@H]1C(=O)O. The highest BCUT2D eigenvalue weighted by Crippen LogP contribution is 2.39. The van der Waals surface area contributed by atoms with Crippen molar-refractivity contribution >= 4 is 45.3 Å². The smallest absolute Gasteiger partial charge is 0.327 e. The quantitative estimate of drug-likeness (QED) is 0.266. The normalized spacial score (nSPS) is 22.5. The van der Waals surface area contributed by atoms with Gasteiger partial charge in [0.05, 0.1) is 10.8 Å². The standard InChI is InChI=1S/C26H31FN4O6S2/c1-26(2)21(25(36)37)31-23(34)19(12-15-4-3-5-16(27)10-15)29-24(35)20(13-38-39-26)30-22(33)18(28)11-14-6-8-17(32)9-7-14/h3-10,18-21,32H,11-13,28H2,1-2H3,(H,29,35)(H,30,33)(H,31,34)(H,36,37)/t18-,19?,20+,21-/m0/s1. The molecule has 210 valence electrons. The zero-order valence-corrected chi connectivity index (χ0v) is 23.0. The van der Waals surface area contributed by atoms with Gasteiger partial charge in [0, 0.05) is 12.2 Å². The second-order valence-electron chi connectivity index (χ2n) is 9.68. The second-order valence-corrected chi connectivity index (χ2v) is 12.7. The number of amides is 3. The number of benzene rings is 2. The number of hydrogen-bond acceptors (Lipinski definition) is 8. The van der Waals surface area contributed by atoms with Crippen LogP contribution in [0.5, 0.6) is 5.75 Å². The molecular weight excluding hydrogens is 547 g/mol. The van der Waals surface area contributed by atoms with Crippen LogP contribution in [0.2, 0.25) is 0 Å². The fraction of sp³-hybridized carbons (Fsp3) is 0.385. The van der Waals surface area contributed by atoms with E-state index in [-0.39, 0.29) is 24.3 Å². The van der Waals surface area contributed by atoms with Gasteiger partial charge in [-0.3, -0.25) is 14.4 Å². The largest absolute Gasteiger partial charge is 0.508 e. The van der Waals surface area contributed by atoms with Crippen molar-refractivity contribution in [2.75, 3.05) is 5.75 Å². The molecule has 1 saturated heterocycles. The van der Waals surface area contributed by atoms with Crippen molar-refractivity contribution in [2.24, 2.45) is 5.73 Å². The van der Waals surface area contributed by atoms with Gasteiger partial charge >= 0.3 is 5.97 Å². The Morgan fingerprint density at radius 1 is 1.13 bits per heavy atom. The van der Waals surface area contributed by atoms with E-state index in [1.165, 1.54) is 41.1 Å². The summed E-state index contributed by atoms with van der Waals surface area (Å²) in [5.74, 6) is -3.67. The average Bonchev–Trinajstić information content (AvgIpc) is 2.87. The van der Waals surface area contributed by atoms with Crippen LogP contribution in [0.3, 0.4) is 0 Å². The summed E-state index contributed by atoms with van der Waals surface area (Å²) in [7, 11) is 2.34. The van der Waals surface area contributed by atoms with Crippen molar-refractivity contribution in [1.82, 2.24) is 16.0 Å². The number of rotatable bonds is 7. The van der Waals surface area contributed by atoms with Gasteiger partial charge in [-0.1, -0.05) is 45.9 Å². The Bertz CT molecular complexity index is 1210. The van der Waals surface area contributed by atoms with Crippen LogP contribution in [0.4, 0.5) is 4.39 Å². The van der Waals surface area contributed by atoms with E-state index in [9.17, 15) is 33.8 Å². The Kier molecular flexibility index (Phi) is 10.2. The lowest BCUT2D eigenvalue weighted by atomic mass is 10.0. The van der Waals surface area contributed by atoms with Gasteiger partial charge in [0.2, 0.25) is 17.7 Å². The van der Waals surface area contributed by atoms with Gasteiger partial charge in [-0.15, -0.1) is 0 Å². The van der Waals surface area contributed by atoms with Gasteiger partial charge in [-0.05, 0) is 55.7 Å². The summed E-state index contributed by atoms with van der Waals surface area (Å²) in [5, 5.41) is 27.0. The molecule has 1 unspecified atom stereocenters. The number of phenols is 1. The molecule has 0 spiro atoms. The number of hydrogen-bond donors (Lipinski definition) is 6. The molecule has 2 aromatic carbocycles. The van der Waals surface area contributed by atoms with Crippen LogP contribution >= 0.6 is 21.6 Å². The molecule has 1 aliphatic rings. The van der Waals surface area contributed by atoms with Crippen LogP contribution in [-0.4, -0.2) is 68.6 Å². The second kappa shape index (κ2) is 13.2. The Morgan fingerprint density at radius 3 is 2.46 bits per heavy atom. The first kappa shape index (κ1) is 30.3. The molecule has 0 saturated carbocycles. The fourth-order valence-electron chi connectivity index (χ4n) is 3.90. The fourth-order valence-corrected chi connectivity index (χ4v) is 6.71. The monoisotopic (exact) mass is 578 g/mol. The number of aromatic hydroxyl groups is 1. The van der Waals surface area contributed by atoms with Gasteiger partial charge in [0.15, 0.2) is 0 Å². The first-order valence-electron chi connectivity index (χ1n) is 12.1. The highest BCUT2D eigenvalue weighted by molar-refractivity contribution is 8.77. The summed E-state index contributed by atoms with van der Waals surface area (Å²) in [4.78, 5) is 51.5. The van der Waals surface area contributed by atoms with E-state index < -0.39 is 58.4 Å². The predicted octanol–water partition coefficient (Wildman–Crippen LogP) is 1.36. The van der Waals surface area contributed by atoms with Crippen molar-refractivity contribution in [3.63, 3.8) is 0 Å². The van der Waals surface area contributed by atoms with Gasteiger partial charge < -0.3 is 31.9 Å². The predicted molar refractivity (Wildman–Crippen MR) is 147 cm³/mol. The first-order chi connectivity index (χ1) is 18.4. The van der Waals surface area contributed by atoms with Gasteiger partial charge in [-0.2, -0.15) is 0 Å². The molecule has 3 rings (SSSR count). The molecule has 0 radical (unpaired) electrons. The van der Waals surface area contributed by atoms with Crippen LogP contribution < -0.4 is 21.7 Å². The number of carbonyl (C=O) groups is 4. The van der Waals surface area contributed by atoms with Gasteiger partial charge in [-0.25, -0.2) is 9.18 Å². The molecule has 7 N–H and O–H groups in total. The molecule has 2 aromatic rings. The molecule has 0 aromatic heterocycles. The van der Waals surface area contributed by atoms with Crippen molar-refractivity contribution < 1.29 is 33.8 Å². The van der Waals surface area contributed by atoms with Crippen molar-refractivity contribution in [3.05, 3.63) is 65.5 Å². The lowest BCUT2D eigenvalue weighted by Crippen LogP contribution is -2.59. The lowest BCUT2D eigenvalue weighted by Gasteiger charge is -2.31. The number of carboxylic acid groups (broad SMARTS) is 1. The topological polar surface area (TPSA) is 171 Å². The summed E-state index contributed by atoms with van der Waals surface area (Å²) >= 11 is 0. The number of nitrogens with two attached hydrogens (primary N) is 1. The number of halogens is 1. The first-order valence-corrected chi connectivity index (χ1v) is 14.4. The Hall–Kier alpha value is -3.29. The molecule has 10 nitrogen and oxygen atoms in total. The van der Waals surface area contributed by atoms with E-state index in [1.54, 1.807) is 32.0 Å².